The summed E-state index contributed by atoms with van der Waals surface area (Å²) in [5, 5.41) is 5.26. The van der Waals surface area contributed by atoms with E-state index in [1.165, 1.54) is 27.7 Å². The van der Waals surface area contributed by atoms with Crippen molar-refractivity contribution in [2.24, 2.45) is 0 Å². The van der Waals surface area contributed by atoms with Crippen LogP contribution in [0.4, 0.5) is 5.69 Å². The first kappa shape index (κ1) is 23.6. The number of hydrogen-bond donors (Lipinski definition) is 2. The van der Waals surface area contributed by atoms with E-state index in [2.05, 4.69) is 58.3 Å². The number of anilines is 1. The topological polar surface area (TPSA) is 62.4 Å². The van der Waals surface area contributed by atoms with Crippen LogP contribution in [0, 0.1) is 13.8 Å². The van der Waals surface area contributed by atoms with Gasteiger partial charge in [0.2, 0.25) is 0 Å². The third-order valence-electron chi connectivity index (χ3n) is 5.94. The minimum atomic E-state index is 0.615. The molecule has 6 nitrogen and oxygen atoms in total. The highest BCUT2D eigenvalue weighted by Crippen LogP contribution is 2.29. The molecule has 34 heavy (non-hydrogen) atoms. The summed E-state index contributed by atoms with van der Waals surface area (Å²) in [6, 6.07) is 16.2. The molecule has 0 radical (unpaired) electrons. The molecule has 0 bridgehead atoms. The van der Waals surface area contributed by atoms with Crippen LogP contribution in [0.2, 0.25) is 0 Å². The highest BCUT2D eigenvalue weighted by atomic mass is 32.1. The zero-order chi connectivity index (χ0) is 24.1. The van der Waals surface area contributed by atoms with Gasteiger partial charge >= 0.3 is 0 Å². The molecule has 0 aliphatic carbocycles. The maximum Gasteiger partial charge on any atom is 0.173 e. The number of hydrogen-bond acceptors (Lipinski definition) is 4. The Morgan fingerprint density at radius 1 is 1.09 bits per heavy atom. The molecule has 2 aromatic carbocycles. The number of methoxy groups -OCH3 is 2. The number of aromatic amines is 1. The van der Waals surface area contributed by atoms with Gasteiger partial charge in [0.1, 0.15) is 11.5 Å². The summed E-state index contributed by atoms with van der Waals surface area (Å²) >= 11 is 5.88. The van der Waals surface area contributed by atoms with Gasteiger partial charge in [-0.25, -0.2) is 0 Å². The van der Waals surface area contributed by atoms with Crippen molar-refractivity contribution in [3.8, 4) is 11.5 Å². The van der Waals surface area contributed by atoms with Gasteiger partial charge in [-0.1, -0.05) is 17.7 Å². The molecule has 4 rings (SSSR count). The van der Waals surface area contributed by atoms with Crippen LogP contribution in [0.3, 0.4) is 0 Å². The van der Waals surface area contributed by atoms with Gasteiger partial charge in [0.15, 0.2) is 5.11 Å². The number of aryl methyl sites for hydroxylation is 2. The molecule has 7 heteroatoms. The first-order valence-corrected chi connectivity index (χ1v) is 11.6. The number of nitrogens with zero attached hydrogens (tertiary/aromatic N) is 2. The van der Waals surface area contributed by atoms with Crippen LogP contribution in [-0.2, 0) is 13.0 Å². The molecular formula is C27H30N4O2S. The Labute approximate surface area is 205 Å². The Bertz CT molecular complexity index is 1290. The number of thiocarbonyl (C=S) groups is 1. The van der Waals surface area contributed by atoms with Crippen LogP contribution in [0.25, 0.3) is 10.9 Å². The van der Waals surface area contributed by atoms with Gasteiger partial charge < -0.3 is 24.7 Å². The fourth-order valence-electron chi connectivity index (χ4n) is 4.14. The molecular weight excluding hydrogens is 444 g/mol. The SMILES string of the molecule is COc1ccc(OC)c(NC(=S)N(CCc2c(C)[nH]c3ccc(C)cc23)Cc2cccnc2)c1. The number of benzene rings is 2. The maximum atomic E-state index is 5.88. The quantitative estimate of drug-likeness (QED) is 0.322. The number of aromatic nitrogens is 2. The minimum Gasteiger partial charge on any atom is -0.497 e. The first-order valence-electron chi connectivity index (χ1n) is 11.2. The highest BCUT2D eigenvalue weighted by Gasteiger charge is 2.16. The van der Waals surface area contributed by atoms with E-state index in [-0.39, 0.29) is 0 Å². The Morgan fingerprint density at radius 2 is 1.94 bits per heavy atom. The van der Waals surface area contributed by atoms with Crippen molar-refractivity contribution in [3.05, 3.63) is 83.3 Å². The van der Waals surface area contributed by atoms with Gasteiger partial charge in [0.05, 0.1) is 19.9 Å². The molecule has 0 saturated heterocycles. The summed E-state index contributed by atoms with van der Waals surface area (Å²) in [5.41, 5.74) is 6.78. The van der Waals surface area contributed by atoms with Crippen LogP contribution in [0.1, 0.15) is 22.4 Å². The van der Waals surface area contributed by atoms with Crippen molar-refractivity contribution in [1.29, 1.82) is 0 Å². The Hall–Kier alpha value is -3.58. The van der Waals surface area contributed by atoms with E-state index >= 15 is 0 Å². The lowest BCUT2D eigenvalue weighted by Crippen LogP contribution is -2.36. The van der Waals surface area contributed by atoms with Crippen LogP contribution < -0.4 is 14.8 Å². The second-order valence-electron chi connectivity index (χ2n) is 8.31. The van der Waals surface area contributed by atoms with Crippen molar-refractivity contribution < 1.29 is 9.47 Å². The van der Waals surface area contributed by atoms with Gasteiger partial charge in [-0.3, -0.25) is 4.98 Å². The molecule has 2 aromatic heterocycles. The number of rotatable bonds is 8. The fraction of sp³-hybridized carbons (Fsp3) is 0.259. The Balaban J connectivity index is 1.59. The fourth-order valence-corrected chi connectivity index (χ4v) is 4.40. The third-order valence-corrected chi connectivity index (χ3v) is 6.30. The van der Waals surface area contributed by atoms with E-state index in [9.17, 15) is 0 Å². The van der Waals surface area contributed by atoms with Crippen molar-refractivity contribution in [1.82, 2.24) is 14.9 Å². The lowest BCUT2D eigenvalue weighted by Gasteiger charge is -2.27. The standard InChI is InChI=1S/C27H30N4O2S/c1-18-7-9-24-23(14-18)22(19(2)29-24)11-13-31(17-20-6-5-12-28-16-20)27(34)30-25-15-21(32-3)8-10-26(25)33-4/h5-10,12,14-16,29H,11,13,17H2,1-4H3,(H,30,34). The molecule has 176 valence electrons. The highest BCUT2D eigenvalue weighted by molar-refractivity contribution is 7.80. The van der Waals surface area contributed by atoms with Gasteiger partial charge in [-0.05, 0) is 73.9 Å². The molecule has 0 spiro atoms. The lowest BCUT2D eigenvalue weighted by atomic mass is 10.1. The molecule has 0 fully saturated rings. The molecule has 2 N–H and O–H groups in total. The zero-order valence-electron chi connectivity index (χ0n) is 20.0. The van der Waals surface area contributed by atoms with Crippen molar-refractivity contribution >= 4 is 33.9 Å². The minimum absolute atomic E-state index is 0.615. The molecule has 2 heterocycles. The van der Waals surface area contributed by atoms with Crippen LogP contribution in [0.5, 0.6) is 11.5 Å². The predicted molar refractivity (Wildman–Crippen MR) is 142 cm³/mol. The average molecular weight is 475 g/mol. The molecule has 0 amide bonds. The third kappa shape index (κ3) is 5.31. The maximum absolute atomic E-state index is 5.88. The summed E-state index contributed by atoms with van der Waals surface area (Å²) in [4.78, 5) is 9.96. The van der Waals surface area contributed by atoms with Crippen molar-refractivity contribution in [2.45, 2.75) is 26.8 Å². The number of fused-ring (bicyclic) bond motifs is 1. The predicted octanol–water partition coefficient (Wildman–Crippen LogP) is 5.64. The molecule has 0 unspecified atom stereocenters. The van der Waals surface area contributed by atoms with Gasteiger partial charge in [-0.15, -0.1) is 0 Å². The summed E-state index contributed by atoms with van der Waals surface area (Å²) in [6.07, 6.45) is 4.51. The van der Waals surface area contributed by atoms with E-state index in [0.29, 0.717) is 17.4 Å². The largest absolute Gasteiger partial charge is 0.497 e. The zero-order valence-corrected chi connectivity index (χ0v) is 20.8. The number of H-pyrrole nitrogens is 1. The summed E-state index contributed by atoms with van der Waals surface area (Å²) < 4.78 is 10.9. The van der Waals surface area contributed by atoms with Crippen molar-refractivity contribution in [3.63, 3.8) is 0 Å². The summed E-state index contributed by atoms with van der Waals surface area (Å²) in [7, 11) is 3.29. The Morgan fingerprint density at radius 3 is 2.68 bits per heavy atom. The van der Waals surface area contributed by atoms with E-state index in [1.54, 1.807) is 20.4 Å². The molecule has 0 atom stereocenters. The van der Waals surface area contributed by atoms with Crippen molar-refractivity contribution in [2.75, 3.05) is 26.1 Å². The smallest absolute Gasteiger partial charge is 0.173 e. The number of ether oxygens (including phenoxy) is 2. The number of nitrogens with one attached hydrogen (secondary N) is 2. The number of pyridine rings is 1. The molecule has 0 saturated carbocycles. The Kier molecular flexibility index (Phi) is 7.33. The van der Waals surface area contributed by atoms with Gasteiger partial charge in [0, 0.05) is 48.1 Å². The first-order chi connectivity index (χ1) is 16.5. The monoisotopic (exact) mass is 474 g/mol. The molecule has 0 aliphatic rings. The summed E-state index contributed by atoms with van der Waals surface area (Å²) in [6.45, 7) is 5.65. The summed E-state index contributed by atoms with van der Waals surface area (Å²) in [5.74, 6) is 1.43. The van der Waals surface area contributed by atoms with E-state index in [1.807, 2.05) is 30.5 Å². The second kappa shape index (κ2) is 10.6. The van der Waals surface area contributed by atoms with Crippen LogP contribution in [-0.4, -0.2) is 40.7 Å². The molecule has 0 aliphatic heterocycles. The second-order valence-corrected chi connectivity index (χ2v) is 8.69. The van der Waals surface area contributed by atoms with Gasteiger partial charge in [-0.2, -0.15) is 0 Å². The van der Waals surface area contributed by atoms with E-state index in [4.69, 9.17) is 21.7 Å². The van der Waals surface area contributed by atoms with Crippen LogP contribution >= 0.6 is 12.2 Å². The molecule has 4 aromatic rings. The average Bonchev–Trinajstić information content (AvgIpc) is 3.16. The lowest BCUT2D eigenvalue weighted by molar-refractivity contribution is 0.403. The van der Waals surface area contributed by atoms with Gasteiger partial charge in [0.25, 0.3) is 0 Å². The van der Waals surface area contributed by atoms with Crippen LogP contribution in [0.15, 0.2) is 60.9 Å². The normalized spacial score (nSPS) is 10.8. The van der Waals surface area contributed by atoms with E-state index < -0.39 is 0 Å². The van der Waals surface area contributed by atoms with E-state index in [0.717, 1.165) is 30.0 Å².